The molecule has 3 rings (SSSR count). The number of amides is 1. The number of hydrogen-bond donors (Lipinski definition) is 2. The Hall–Kier alpha value is -2.64. The number of rotatable bonds is 5. The molecular formula is C19H26N4O4. The first-order valence-electron chi connectivity index (χ1n) is 9.35. The van der Waals surface area contributed by atoms with Gasteiger partial charge in [-0.2, -0.15) is 0 Å². The number of aromatic amines is 1. The van der Waals surface area contributed by atoms with Gasteiger partial charge in [0.25, 0.3) is 5.56 Å². The zero-order valence-corrected chi connectivity index (χ0v) is 16.0. The number of nitrogens with one attached hydrogen (secondary N) is 1. The molecule has 1 saturated heterocycles. The van der Waals surface area contributed by atoms with Gasteiger partial charge in [-0.3, -0.25) is 24.2 Å². The van der Waals surface area contributed by atoms with Gasteiger partial charge in [-0.25, -0.2) is 4.98 Å². The molecule has 1 amide bonds. The van der Waals surface area contributed by atoms with Crippen LogP contribution < -0.4 is 5.56 Å². The standard InChI is InChI=1S/C19H26N4O4/c1-11-14(12(2)20-18-17(11)19(27)21-22(18)3)10-15(24)23-9-5-4-6-13(23)7-8-16(25)26/h13H,4-10H2,1-3H3,(H,21,27)(H,25,26). The van der Waals surface area contributed by atoms with Crippen molar-refractivity contribution in [2.45, 2.75) is 58.4 Å². The van der Waals surface area contributed by atoms with E-state index in [0.29, 0.717) is 24.0 Å². The molecule has 1 atom stereocenters. The highest BCUT2D eigenvalue weighted by Gasteiger charge is 2.28. The van der Waals surface area contributed by atoms with Crippen molar-refractivity contribution in [3.63, 3.8) is 0 Å². The van der Waals surface area contributed by atoms with E-state index in [4.69, 9.17) is 5.11 Å². The summed E-state index contributed by atoms with van der Waals surface area (Å²) in [4.78, 5) is 42.5. The van der Waals surface area contributed by atoms with Gasteiger partial charge in [-0.05, 0) is 50.7 Å². The van der Waals surface area contributed by atoms with Crippen LogP contribution in [-0.2, 0) is 23.1 Å². The molecule has 2 aromatic heterocycles. The molecule has 2 aromatic rings. The van der Waals surface area contributed by atoms with E-state index in [2.05, 4.69) is 10.1 Å². The number of aryl methyl sites for hydroxylation is 3. The SMILES string of the molecule is Cc1nc2c(c(C)c1CC(=O)N1CCCCC1CCC(=O)O)c(=O)[nH]n2C. The molecular weight excluding hydrogens is 348 g/mol. The van der Waals surface area contributed by atoms with Gasteiger partial charge in [0, 0.05) is 31.7 Å². The van der Waals surface area contributed by atoms with Gasteiger partial charge in [0.15, 0.2) is 5.65 Å². The molecule has 1 unspecified atom stereocenters. The number of pyridine rings is 1. The molecule has 8 heteroatoms. The number of nitrogens with zero attached hydrogens (tertiary/aromatic N) is 3. The quantitative estimate of drug-likeness (QED) is 0.827. The first-order valence-corrected chi connectivity index (χ1v) is 9.35. The number of piperidine rings is 1. The molecule has 8 nitrogen and oxygen atoms in total. The number of carboxylic acid groups (broad SMARTS) is 1. The summed E-state index contributed by atoms with van der Waals surface area (Å²) in [6, 6.07) is -0.0280. The van der Waals surface area contributed by atoms with Crippen molar-refractivity contribution in [1.29, 1.82) is 0 Å². The molecule has 0 bridgehead atoms. The van der Waals surface area contributed by atoms with Crippen molar-refractivity contribution in [1.82, 2.24) is 19.7 Å². The van der Waals surface area contributed by atoms with Crippen LogP contribution in [0.4, 0.5) is 0 Å². The summed E-state index contributed by atoms with van der Waals surface area (Å²) >= 11 is 0. The number of likely N-dealkylation sites (tertiary alicyclic amines) is 1. The lowest BCUT2D eigenvalue weighted by atomic mass is 9.95. The number of hydrogen-bond acceptors (Lipinski definition) is 4. The predicted molar refractivity (Wildman–Crippen MR) is 101 cm³/mol. The predicted octanol–water partition coefficient (Wildman–Crippen LogP) is 1.67. The van der Waals surface area contributed by atoms with E-state index >= 15 is 0 Å². The normalized spacial score (nSPS) is 17.4. The van der Waals surface area contributed by atoms with Crippen molar-refractivity contribution < 1.29 is 14.7 Å². The van der Waals surface area contributed by atoms with Crippen molar-refractivity contribution in [3.8, 4) is 0 Å². The fourth-order valence-electron chi connectivity index (χ4n) is 4.08. The number of carbonyl (C=O) groups is 2. The average Bonchev–Trinajstić information content (AvgIpc) is 2.90. The maximum Gasteiger partial charge on any atom is 0.303 e. The lowest BCUT2D eigenvalue weighted by Crippen LogP contribution is -2.44. The Balaban J connectivity index is 1.87. The van der Waals surface area contributed by atoms with Crippen LogP contribution in [0.2, 0.25) is 0 Å². The Morgan fingerprint density at radius 2 is 2.04 bits per heavy atom. The summed E-state index contributed by atoms with van der Waals surface area (Å²) in [5.41, 5.74) is 2.69. The highest BCUT2D eigenvalue weighted by molar-refractivity contribution is 5.85. The fourth-order valence-corrected chi connectivity index (χ4v) is 4.08. The lowest BCUT2D eigenvalue weighted by Gasteiger charge is -2.36. The number of aromatic nitrogens is 3. The van der Waals surface area contributed by atoms with Gasteiger partial charge in [0.2, 0.25) is 5.91 Å². The summed E-state index contributed by atoms with van der Waals surface area (Å²) in [7, 11) is 1.74. The molecule has 146 valence electrons. The van der Waals surface area contributed by atoms with E-state index < -0.39 is 5.97 Å². The summed E-state index contributed by atoms with van der Waals surface area (Å²) in [6.07, 6.45) is 3.52. The summed E-state index contributed by atoms with van der Waals surface area (Å²) in [5.74, 6) is -0.859. The van der Waals surface area contributed by atoms with Crippen molar-refractivity contribution in [2.75, 3.05) is 6.54 Å². The van der Waals surface area contributed by atoms with Gasteiger partial charge < -0.3 is 10.0 Å². The van der Waals surface area contributed by atoms with E-state index in [1.54, 1.807) is 11.7 Å². The summed E-state index contributed by atoms with van der Waals surface area (Å²) in [5, 5.41) is 12.2. The molecule has 0 radical (unpaired) electrons. The summed E-state index contributed by atoms with van der Waals surface area (Å²) < 4.78 is 1.59. The number of aliphatic carboxylic acids is 1. The van der Waals surface area contributed by atoms with Crippen LogP contribution >= 0.6 is 0 Å². The van der Waals surface area contributed by atoms with Crippen LogP contribution in [0.3, 0.4) is 0 Å². The number of carboxylic acids is 1. The fraction of sp³-hybridized carbons (Fsp3) is 0.579. The Labute approximate surface area is 157 Å². The zero-order chi connectivity index (χ0) is 19.7. The van der Waals surface area contributed by atoms with Crippen molar-refractivity contribution in [3.05, 3.63) is 27.2 Å². The maximum atomic E-state index is 13.0. The second kappa shape index (κ2) is 7.54. The molecule has 0 saturated carbocycles. The van der Waals surface area contributed by atoms with Gasteiger partial charge in [-0.15, -0.1) is 0 Å². The van der Waals surface area contributed by atoms with E-state index in [9.17, 15) is 14.4 Å². The Kier molecular flexibility index (Phi) is 5.34. The molecule has 1 aliphatic heterocycles. The third kappa shape index (κ3) is 3.74. The molecule has 0 aliphatic carbocycles. The monoisotopic (exact) mass is 374 g/mol. The van der Waals surface area contributed by atoms with Crippen LogP contribution in [0.25, 0.3) is 11.0 Å². The second-order valence-corrected chi connectivity index (χ2v) is 7.35. The van der Waals surface area contributed by atoms with Crippen LogP contribution in [0, 0.1) is 13.8 Å². The first-order chi connectivity index (χ1) is 12.8. The molecule has 27 heavy (non-hydrogen) atoms. The first kappa shape index (κ1) is 19.1. The van der Waals surface area contributed by atoms with Crippen molar-refractivity contribution >= 4 is 22.9 Å². The Morgan fingerprint density at radius 1 is 1.30 bits per heavy atom. The zero-order valence-electron chi connectivity index (χ0n) is 16.0. The van der Waals surface area contributed by atoms with Gasteiger partial charge in [-0.1, -0.05) is 0 Å². The second-order valence-electron chi connectivity index (χ2n) is 7.35. The van der Waals surface area contributed by atoms with Crippen LogP contribution in [-0.4, -0.2) is 49.2 Å². The van der Waals surface area contributed by atoms with E-state index in [-0.39, 0.29) is 30.3 Å². The molecule has 1 aliphatic rings. The maximum absolute atomic E-state index is 13.0. The van der Waals surface area contributed by atoms with E-state index in [0.717, 1.165) is 36.1 Å². The van der Waals surface area contributed by atoms with Gasteiger partial charge in [0.05, 0.1) is 11.8 Å². The van der Waals surface area contributed by atoms with Gasteiger partial charge in [0.1, 0.15) is 0 Å². The average molecular weight is 374 g/mol. The number of fused-ring (bicyclic) bond motifs is 1. The minimum Gasteiger partial charge on any atom is -0.481 e. The number of carbonyl (C=O) groups excluding carboxylic acids is 1. The molecule has 2 N–H and O–H groups in total. The minimum atomic E-state index is -0.836. The topological polar surface area (TPSA) is 108 Å². The number of H-pyrrole nitrogens is 1. The van der Waals surface area contributed by atoms with Crippen LogP contribution in [0.5, 0.6) is 0 Å². The van der Waals surface area contributed by atoms with E-state index in [1.807, 2.05) is 18.7 Å². The smallest absolute Gasteiger partial charge is 0.303 e. The van der Waals surface area contributed by atoms with Crippen LogP contribution in [0.15, 0.2) is 4.79 Å². The molecule has 3 heterocycles. The molecule has 1 fully saturated rings. The highest BCUT2D eigenvalue weighted by atomic mass is 16.4. The molecule has 0 aromatic carbocycles. The van der Waals surface area contributed by atoms with Gasteiger partial charge >= 0.3 is 5.97 Å². The largest absolute Gasteiger partial charge is 0.481 e. The third-order valence-electron chi connectivity index (χ3n) is 5.54. The minimum absolute atomic E-state index is 0.0233. The van der Waals surface area contributed by atoms with Crippen molar-refractivity contribution in [2.24, 2.45) is 7.05 Å². The third-order valence-corrected chi connectivity index (χ3v) is 5.54. The Morgan fingerprint density at radius 3 is 2.74 bits per heavy atom. The van der Waals surface area contributed by atoms with E-state index in [1.165, 1.54) is 0 Å². The molecule has 0 spiro atoms. The summed E-state index contributed by atoms with van der Waals surface area (Å²) in [6.45, 7) is 4.36. The lowest BCUT2D eigenvalue weighted by molar-refractivity contribution is -0.139. The highest BCUT2D eigenvalue weighted by Crippen LogP contribution is 2.25. The Bertz CT molecular complexity index is 943. The van der Waals surface area contributed by atoms with Crippen LogP contribution in [0.1, 0.15) is 48.9 Å².